The topological polar surface area (TPSA) is 49.3 Å². The predicted molar refractivity (Wildman–Crippen MR) is 69.2 cm³/mol. The van der Waals surface area contributed by atoms with Crippen molar-refractivity contribution in [2.24, 2.45) is 5.41 Å². The first-order chi connectivity index (χ1) is 8.33. The Labute approximate surface area is 111 Å². The van der Waals surface area contributed by atoms with E-state index < -0.39 is 17.2 Å². The Bertz CT molecular complexity index is 435. The number of halogens is 2. The maximum atomic E-state index is 13.1. The fourth-order valence-electron chi connectivity index (χ4n) is 1.39. The first-order valence-corrected chi connectivity index (χ1v) is 6.09. The first-order valence-electron chi connectivity index (χ1n) is 5.71. The van der Waals surface area contributed by atoms with Gasteiger partial charge in [-0.15, -0.1) is 0 Å². The van der Waals surface area contributed by atoms with E-state index in [9.17, 15) is 9.18 Å². The van der Waals surface area contributed by atoms with Gasteiger partial charge in [-0.1, -0.05) is 17.7 Å². The molecular weight excluding hydrogens is 257 g/mol. The zero-order valence-electron chi connectivity index (χ0n) is 10.5. The molecule has 100 valence electrons. The normalized spacial score (nSPS) is 11.6. The standard InChI is InChI=1S/C13H17ClFNO2/c1-13(2,12(17)18)5-6-16-8-9-3-4-10(14)11(15)7-9/h3-4,7,16H,5-6,8H2,1-2H3,(H,17,18). The van der Waals surface area contributed by atoms with Crippen LogP contribution in [0, 0.1) is 11.2 Å². The minimum atomic E-state index is -0.818. The predicted octanol–water partition coefficient (Wildman–Crippen LogP) is 3.07. The monoisotopic (exact) mass is 273 g/mol. The summed E-state index contributed by atoms with van der Waals surface area (Å²) in [6.45, 7) is 4.41. The Morgan fingerprint density at radius 1 is 1.50 bits per heavy atom. The Morgan fingerprint density at radius 2 is 2.17 bits per heavy atom. The fourth-order valence-corrected chi connectivity index (χ4v) is 1.51. The number of aliphatic carboxylic acids is 1. The molecule has 0 aliphatic carbocycles. The van der Waals surface area contributed by atoms with E-state index in [-0.39, 0.29) is 5.02 Å². The van der Waals surface area contributed by atoms with Crippen LogP contribution in [-0.4, -0.2) is 17.6 Å². The highest BCUT2D eigenvalue weighted by Gasteiger charge is 2.25. The van der Waals surface area contributed by atoms with Crippen LogP contribution < -0.4 is 5.32 Å². The van der Waals surface area contributed by atoms with Gasteiger partial charge in [0.25, 0.3) is 0 Å². The lowest BCUT2D eigenvalue weighted by Crippen LogP contribution is -2.28. The lowest BCUT2D eigenvalue weighted by atomic mass is 9.90. The molecule has 1 rings (SSSR count). The van der Waals surface area contributed by atoms with E-state index in [0.717, 1.165) is 5.56 Å². The average molecular weight is 274 g/mol. The first kappa shape index (κ1) is 14.9. The van der Waals surface area contributed by atoms with Gasteiger partial charge in [-0.05, 0) is 44.5 Å². The van der Waals surface area contributed by atoms with Gasteiger partial charge >= 0.3 is 5.97 Å². The van der Waals surface area contributed by atoms with Gasteiger partial charge < -0.3 is 10.4 Å². The van der Waals surface area contributed by atoms with E-state index in [2.05, 4.69) is 5.32 Å². The second kappa shape index (κ2) is 6.16. The van der Waals surface area contributed by atoms with E-state index in [1.165, 1.54) is 12.1 Å². The van der Waals surface area contributed by atoms with Crippen LogP contribution in [0.5, 0.6) is 0 Å². The van der Waals surface area contributed by atoms with Crippen molar-refractivity contribution >= 4 is 17.6 Å². The molecule has 1 aromatic carbocycles. The lowest BCUT2D eigenvalue weighted by Gasteiger charge is -2.18. The summed E-state index contributed by atoms with van der Waals surface area (Å²) in [6.07, 6.45) is 0.512. The number of rotatable bonds is 6. The van der Waals surface area contributed by atoms with Crippen LogP contribution in [0.15, 0.2) is 18.2 Å². The van der Waals surface area contributed by atoms with Gasteiger partial charge in [-0.3, -0.25) is 4.79 Å². The summed E-state index contributed by atoms with van der Waals surface area (Å²) in [7, 11) is 0. The highest BCUT2D eigenvalue weighted by molar-refractivity contribution is 6.30. The number of carboxylic acid groups (broad SMARTS) is 1. The molecule has 0 aliphatic heterocycles. The summed E-state index contributed by atoms with van der Waals surface area (Å²) in [5.74, 6) is -1.26. The molecule has 0 saturated carbocycles. The van der Waals surface area contributed by atoms with E-state index >= 15 is 0 Å². The largest absolute Gasteiger partial charge is 0.481 e. The SMILES string of the molecule is CC(C)(CCNCc1ccc(Cl)c(F)c1)C(=O)O. The molecule has 0 fully saturated rings. The summed E-state index contributed by atoms with van der Waals surface area (Å²) in [4.78, 5) is 10.9. The van der Waals surface area contributed by atoms with Crippen LogP contribution >= 0.6 is 11.6 Å². The maximum absolute atomic E-state index is 13.1. The van der Waals surface area contributed by atoms with Gasteiger partial charge in [0.05, 0.1) is 10.4 Å². The molecule has 2 N–H and O–H groups in total. The van der Waals surface area contributed by atoms with Gasteiger partial charge in [-0.25, -0.2) is 4.39 Å². The molecule has 0 amide bonds. The van der Waals surface area contributed by atoms with Crippen molar-refractivity contribution in [3.05, 3.63) is 34.6 Å². The third kappa shape index (κ3) is 4.27. The maximum Gasteiger partial charge on any atom is 0.309 e. The lowest BCUT2D eigenvalue weighted by molar-refractivity contribution is -0.147. The number of hydrogen-bond acceptors (Lipinski definition) is 2. The van der Waals surface area contributed by atoms with Crippen molar-refractivity contribution in [2.75, 3.05) is 6.54 Å². The number of hydrogen-bond donors (Lipinski definition) is 2. The number of carboxylic acids is 1. The summed E-state index contributed by atoms with van der Waals surface area (Å²) in [5.41, 5.74) is 0.0307. The molecule has 3 nitrogen and oxygen atoms in total. The summed E-state index contributed by atoms with van der Waals surface area (Å²) in [6, 6.07) is 4.62. The highest BCUT2D eigenvalue weighted by atomic mass is 35.5. The molecule has 0 aliphatic rings. The number of benzene rings is 1. The van der Waals surface area contributed by atoms with E-state index in [4.69, 9.17) is 16.7 Å². The van der Waals surface area contributed by atoms with Gasteiger partial charge in [-0.2, -0.15) is 0 Å². The smallest absolute Gasteiger partial charge is 0.309 e. The second-order valence-corrected chi connectivity index (χ2v) is 5.27. The Morgan fingerprint density at radius 3 is 2.72 bits per heavy atom. The van der Waals surface area contributed by atoms with Crippen molar-refractivity contribution in [1.29, 1.82) is 0 Å². The van der Waals surface area contributed by atoms with Crippen molar-refractivity contribution in [2.45, 2.75) is 26.8 Å². The second-order valence-electron chi connectivity index (χ2n) is 4.86. The van der Waals surface area contributed by atoms with Gasteiger partial charge in [0.1, 0.15) is 5.82 Å². The van der Waals surface area contributed by atoms with Crippen LogP contribution in [0.1, 0.15) is 25.8 Å². The third-order valence-corrected chi connectivity index (χ3v) is 3.13. The molecule has 1 aromatic rings. The van der Waals surface area contributed by atoms with Crippen molar-refractivity contribution < 1.29 is 14.3 Å². The van der Waals surface area contributed by atoms with Crippen LogP contribution in [-0.2, 0) is 11.3 Å². The Hall–Kier alpha value is -1.13. The molecule has 0 radical (unpaired) electrons. The van der Waals surface area contributed by atoms with Crippen LogP contribution in [0.4, 0.5) is 4.39 Å². The van der Waals surface area contributed by atoms with Gasteiger partial charge in [0, 0.05) is 6.54 Å². The summed E-state index contributed by atoms with van der Waals surface area (Å²) >= 11 is 5.58. The molecule has 18 heavy (non-hydrogen) atoms. The molecule has 0 bridgehead atoms. The molecule has 0 heterocycles. The zero-order valence-corrected chi connectivity index (χ0v) is 11.2. The number of carbonyl (C=O) groups is 1. The minimum absolute atomic E-state index is 0.103. The van der Waals surface area contributed by atoms with Crippen LogP contribution in [0.25, 0.3) is 0 Å². The van der Waals surface area contributed by atoms with E-state index in [1.54, 1.807) is 19.9 Å². The Kier molecular flexibility index (Phi) is 5.11. The Balaban J connectivity index is 2.38. The van der Waals surface area contributed by atoms with E-state index in [0.29, 0.717) is 19.5 Å². The van der Waals surface area contributed by atoms with Crippen LogP contribution in [0.3, 0.4) is 0 Å². The number of nitrogens with one attached hydrogen (secondary N) is 1. The molecule has 0 saturated heterocycles. The van der Waals surface area contributed by atoms with Gasteiger partial charge in [0.2, 0.25) is 0 Å². The zero-order chi connectivity index (χ0) is 13.8. The molecule has 0 atom stereocenters. The quantitative estimate of drug-likeness (QED) is 0.783. The molecule has 0 spiro atoms. The third-order valence-electron chi connectivity index (χ3n) is 2.82. The van der Waals surface area contributed by atoms with Crippen molar-refractivity contribution in [3.63, 3.8) is 0 Å². The molecule has 0 aromatic heterocycles. The minimum Gasteiger partial charge on any atom is -0.481 e. The molecular formula is C13H17ClFNO2. The average Bonchev–Trinajstić information content (AvgIpc) is 2.29. The summed E-state index contributed by atoms with van der Waals surface area (Å²) in [5, 5.41) is 12.1. The fraction of sp³-hybridized carbons (Fsp3) is 0.462. The van der Waals surface area contributed by atoms with Gasteiger partial charge in [0.15, 0.2) is 0 Å². The van der Waals surface area contributed by atoms with E-state index in [1.807, 2.05) is 0 Å². The summed E-state index contributed by atoms with van der Waals surface area (Å²) < 4.78 is 13.1. The van der Waals surface area contributed by atoms with Crippen molar-refractivity contribution in [3.8, 4) is 0 Å². The van der Waals surface area contributed by atoms with Crippen LogP contribution in [0.2, 0.25) is 5.02 Å². The highest BCUT2D eigenvalue weighted by Crippen LogP contribution is 2.19. The van der Waals surface area contributed by atoms with Crippen molar-refractivity contribution in [1.82, 2.24) is 5.32 Å². The molecule has 0 unspecified atom stereocenters. The molecule has 5 heteroatoms.